The Morgan fingerprint density at radius 1 is 0.330 bits per heavy atom. The van der Waals surface area contributed by atoms with E-state index in [1.54, 1.807) is 28.9 Å². The Bertz CT molecular complexity index is 3310. The van der Waals surface area contributed by atoms with E-state index in [1.165, 1.54) is 82.3 Å². The van der Waals surface area contributed by atoms with Gasteiger partial charge in [-0.1, -0.05) is 127 Å². The van der Waals surface area contributed by atoms with Gasteiger partial charge in [-0.2, -0.15) is 10.2 Å². The van der Waals surface area contributed by atoms with Crippen LogP contribution in [0.1, 0.15) is 273 Å². The van der Waals surface area contributed by atoms with Crippen LogP contribution in [0.5, 0.6) is 0 Å². The number of pyridine rings is 1. The lowest BCUT2D eigenvalue weighted by Crippen LogP contribution is -1.92. The van der Waals surface area contributed by atoms with Crippen molar-refractivity contribution in [2.24, 2.45) is 35.2 Å². The molecule has 0 saturated heterocycles. The van der Waals surface area contributed by atoms with E-state index in [0.29, 0.717) is 0 Å². The van der Waals surface area contributed by atoms with Gasteiger partial charge in [0, 0.05) is 103 Å². The molecule has 0 saturated carbocycles. The quantitative estimate of drug-likeness (QED) is 0.142. The molecule has 11 rings (SSSR count). The highest BCUT2D eigenvalue weighted by Gasteiger charge is 2.06. The molecule has 0 N–H and O–H groups in total. The van der Waals surface area contributed by atoms with Gasteiger partial charge in [0.05, 0.1) is 51.1 Å². The van der Waals surface area contributed by atoms with Gasteiger partial charge in [0.15, 0.2) is 0 Å². The molecule has 0 radical (unpaired) electrons. The molecule has 0 fully saturated rings. The van der Waals surface area contributed by atoms with Crippen molar-refractivity contribution in [2.75, 3.05) is 0 Å². The molecule has 106 heavy (non-hydrogen) atoms. The first-order chi connectivity index (χ1) is 49.8. The Morgan fingerprint density at radius 3 is 0.811 bits per heavy atom. The van der Waals surface area contributed by atoms with Crippen LogP contribution < -0.4 is 0 Å². The summed E-state index contributed by atoms with van der Waals surface area (Å²) < 4.78 is 24.8. The second-order valence-corrected chi connectivity index (χ2v) is 25.3. The zero-order valence-electron chi connectivity index (χ0n) is 77.6. The van der Waals surface area contributed by atoms with Crippen molar-refractivity contribution in [2.45, 2.75) is 312 Å². The van der Waals surface area contributed by atoms with E-state index < -0.39 is 0 Å². The zero-order valence-corrected chi connectivity index (χ0v) is 79.2. The lowest BCUT2D eigenvalue weighted by atomic mass is 10.2. The number of aromatic nitrogens is 13. The van der Waals surface area contributed by atoms with Gasteiger partial charge in [-0.15, -0.1) is 22.7 Å². The predicted octanol–water partition coefficient (Wildman–Crippen LogP) is 26.5. The molecule has 0 aromatic carbocycles. The van der Waals surface area contributed by atoms with Gasteiger partial charge >= 0.3 is 0 Å². The highest BCUT2D eigenvalue weighted by Crippen LogP contribution is 2.16. The summed E-state index contributed by atoms with van der Waals surface area (Å²) in [4.78, 5) is 19.6. The number of imidazole rings is 2. The number of hydrogen-bond acceptors (Lipinski definition) is 13. The van der Waals surface area contributed by atoms with Gasteiger partial charge in [0.2, 0.25) is 0 Å². The summed E-state index contributed by atoms with van der Waals surface area (Å²) in [5.41, 5.74) is 25.4. The molecule has 0 spiro atoms. The van der Waals surface area contributed by atoms with Crippen LogP contribution >= 0.6 is 22.7 Å². The van der Waals surface area contributed by atoms with Gasteiger partial charge in [-0.3, -0.25) is 14.3 Å². The smallest absolute Gasteiger partial charge is 0.136 e. The zero-order chi connectivity index (χ0) is 85.2. The van der Waals surface area contributed by atoms with Crippen LogP contribution in [0, 0.1) is 201 Å². The topological polar surface area (TPSA) is 167 Å². The maximum absolute atomic E-state index is 4.96. The number of aryl methyl sites for hydroxylation is 23. The summed E-state index contributed by atoms with van der Waals surface area (Å²) in [6, 6.07) is 10.2. The minimum atomic E-state index is 0.919. The third-order valence-electron chi connectivity index (χ3n) is 16.5. The Hall–Kier alpha value is -7.70. The first kappa shape index (κ1) is 114. The van der Waals surface area contributed by atoms with Crippen LogP contribution in [0.25, 0.3) is 0 Å². The summed E-state index contributed by atoms with van der Waals surface area (Å²) in [6.07, 6.45) is 5.58. The average Bonchev–Trinajstić information content (AvgIpc) is 1.75. The Balaban J connectivity index is -0.000000163. The number of hydrogen-bond donors (Lipinski definition) is 0. The highest BCUT2D eigenvalue weighted by atomic mass is 32.1. The second-order valence-electron chi connectivity index (χ2n) is 22.8. The van der Waals surface area contributed by atoms with E-state index >= 15 is 0 Å². The molecule has 0 amide bonds. The molecule has 0 bridgehead atoms. The molecule has 0 unspecified atom stereocenters. The fourth-order valence-corrected chi connectivity index (χ4v) is 8.96. The van der Waals surface area contributed by atoms with Crippen molar-refractivity contribution < 1.29 is 13.5 Å². The van der Waals surface area contributed by atoms with Crippen LogP contribution in [0.15, 0.2) is 67.8 Å². The Kier molecular flexibility index (Phi) is 71.8. The molecule has 0 aliphatic carbocycles. The van der Waals surface area contributed by atoms with Crippen molar-refractivity contribution >= 4 is 22.7 Å². The van der Waals surface area contributed by atoms with Gasteiger partial charge in [-0.25, -0.2) is 15.0 Å². The first-order valence-corrected chi connectivity index (χ1v) is 40.0. The molecular weight excluding hydrogens is 1350 g/mol. The average molecular weight is 1510 g/mol. The van der Waals surface area contributed by atoms with E-state index in [9.17, 15) is 0 Å². The number of furan rings is 1. The van der Waals surface area contributed by atoms with E-state index in [4.69, 9.17) is 13.5 Å². The summed E-state index contributed by atoms with van der Waals surface area (Å²) in [6.45, 7) is 91.1. The summed E-state index contributed by atoms with van der Waals surface area (Å²) in [5, 5.41) is 19.2. The van der Waals surface area contributed by atoms with E-state index in [2.05, 4.69) is 174 Å². The Morgan fingerprint density at radius 2 is 0.717 bits per heavy atom. The molecule has 16 nitrogen and oxygen atoms in total. The highest BCUT2D eigenvalue weighted by molar-refractivity contribution is 7.11. The SMILES string of the molecule is CC.CC.CC.CC.CC.CC.CC.CC.Cc1cccnc1C.Cc1ccn(C)c1C.Cc1ccoc1C.Cc1ccsc1C.Cc1nc(C)c(C)s1.Cc1nc(C)n(C)c1C.Cc1nc(C)n(C)c1C.Cc1nn(C)c(C)c1C.Cc1nn(C)c(C)c1C.Cc1noc(C)c1C.Cc1noc(C)c1C. The van der Waals surface area contributed by atoms with E-state index in [-0.39, 0.29) is 0 Å². The minimum Gasteiger partial charge on any atom is -0.469 e. The van der Waals surface area contributed by atoms with Gasteiger partial charge in [0.1, 0.15) is 28.9 Å². The molecule has 0 atom stereocenters. The molecule has 11 aromatic heterocycles. The summed E-state index contributed by atoms with van der Waals surface area (Å²) >= 11 is 3.56. The molecule has 11 heterocycles. The number of thiazole rings is 1. The van der Waals surface area contributed by atoms with Crippen LogP contribution in [0.4, 0.5) is 0 Å². The Labute approximate surface area is 659 Å². The monoisotopic (exact) mass is 1510 g/mol. The molecule has 0 aliphatic rings. The third kappa shape index (κ3) is 45.7. The molecule has 606 valence electrons. The predicted molar refractivity (Wildman–Crippen MR) is 469 cm³/mol. The molecule has 0 aliphatic heterocycles. The summed E-state index contributed by atoms with van der Waals surface area (Å²) in [5.74, 6) is 5.03. The first-order valence-electron chi connectivity index (χ1n) is 38.3. The van der Waals surface area contributed by atoms with Crippen molar-refractivity contribution in [3.8, 4) is 0 Å². The molecule has 18 heteroatoms. The summed E-state index contributed by atoms with van der Waals surface area (Å²) in [7, 11) is 10.1. The van der Waals surface area contributed by atoms with Crippen LogP contribution in [0.3, 0.4) is 0 Å². The third-order valence-corrected chi connectivity index (χ3v) is 18.4. The van der Waals surface area contributed by atoms with Crippen LogP contribution in [-0.2, 0) is 35.2 Å². The standard InChI is InChI=1S/4C7H12N2.C7H11N.C7H9N.2C6H9NO.C6H9NS.C6H8O.C6H8S.8C2H6/c2*1-5-6(2)9(4)7(3)8-5;2*1-5-6(2)8-9(4)7(5)3;1-6-4-5-8(3)7(6)2;1-6-4-3-5-8-7(6)2;2*1-4-5(2)7-8-6(4)3;1-4-5(2)8-6(3)7-4;2*1-5-3-4-7-6(5)2;8*1-2/h4*1-4H3;4-5H,1-3H3;3-5H,1-2H3;3*1-3H3;2*3-4H,1-2H3;8*1-2H3. The normalized spacial score (nSPS) is 8.85. The molecular formula is C88H159N13O3S2. The van der Waals surface area contributed by atoms with Crippen molar-refractivity contribution in [1.82, 2.24) is 63.5 Å². The fourth-order valence-electron chi connectivity index (χ4n) is 7.41. The van der Waals surface area contributed by atoms with Crippen molar-refractivity contribution in [3.63, 3.8) is 0 Å². The lowest BCUT2D eigenvalue weighted by molar-refractivity contribution is 0.392. The van der Waals surface area contributed by atoms with Crippen molar-refractivity contribution in [1.29, 1.82) is 0 Å². The minimum absolute atomic E-state index is 0.919. The fraction of sp³-hybridized carbons (Fsp3) is 0.568. The van der Waals surface area contributed by atoms with Crippen molar-refractivity contribution in [3.05, 3.63) is 217 Å². The maximum atomic E-state index is 4.96. The largest absolute Gasteiger partial charge is 0.469 e. The van der Waals surface area contributed by atoms with Crippen LogP contribution in [-0.4, -0.2) is 63.5 Å². The number of rotatable bonds is 0. The second kappa shape index (κ2) is 66.7. The number of thiophene rings is 1. The van der Waals surface area contributed by atoms with E-state index in [0.717, 1.165) is 79.9 Å². The van der Waals surface area contributed by atoms with Gasteiger partial charge in [-0.05, 0) is 264 Å². The number of nitrogens with zero attached hydrogens (tertiary/aromatic N) is 13. The van der Waals surface area contributed by atoms with E-state index in [1.807, 2.05) is 284 Å². The molecule has 11 aromatic rings. The van der Waals surface area contributed by atoms with Crippen LogP contribution in [0.2, 0.25) is 0 Å². The maximum Gasteiger partial charge on any atom is 0.136 e. The lowest BCUT2D eigenvalue weighted by Gasteiger charge is -1.94. The van der Waals surface area contributed by atoms with Gasteiger partial charge in [0.25, 0.3) is 0 Å². The van der Waals surface area contributed by atoms with Gasteiger partial charge < -0.3 is 27.2 Å².